The second-order valence-corrected chi connectivity index (χ2v) is 6.65. The van der Waals surface area contributed by atoms with Crippen molar-refractivity contribution >= 4 is 21.7 Å². The molecule has 0 heterocycles. The minimum atomic E-state index is -4.16. The van der Waals surface area contributed by atoms with Crippen LogP contribution in [0.3, 0.4) is 0 Å². The van der Waals surface area contributed by atoms with Gasteiger partial charge in [0.05, 0.1) is 21.8 Å². The summed E-state index contributed by atoms with van der Waals surface area (Å²) in [6.45, 7) is 0. The van der Waals surface area contributed by atoms with Crippen LogP contribution in [0.5, 0.6) is 0 Å². The van der Waals surface area contributed by atoms with Gasteiger partial charge >= 0.3 is 0 Å². The molecule has 8 nitrogen and oxygen atoms in total. The Morgan fingerprint density at radius 1 is 1.08 bits per heavy atom. The minimum absolute atomic E-state index is 0.0879. The van der Waals surface area contributed by atoms with Crippen molar-refractivity contribution in [2.75, 3.05) is 0 Å². The molecule has 2 rings (SSSR count). The van der Waals surface area contributed by atoms with E-state index in [1.54, 1.807) is 30.3 Å². The second-order valence-electron chi connectivity index (χ2n) is 4.93. The summed E-state index contributed by atoms with van der Waals surface area (Å²) < 4.78 is 26.5. The van der Waals surface area contributed by atoms with Crippen molar-refractivity contribution in [2.24, 2.45) is 0 Å². The average molecular weight is 349 g/mol. The summed E-state index contributed by atoms with van der Waals surface area (Å²) in [5.74, 6) is -1.57. The third-order valence-corrected chi connectivity index (χ3v) is 4.71. The van der Waals surface area contributed by atoms with Crippen LogP contribution in [-0.4, -0.2) is 25.4 Å². The van der Waals surface area contributed by atoms with Crippen LogP contribution in [0.4, 0.5) is 5.69 Å². The van der Waals surface area contributed by atoms with Gasteiger partial charge in [0.25, 0.3) is 5.69 Å². The lowest BCUT2D eigenvalue weighted by Gasteiger charge is -2.19. The summed E-state index contributed by atoms with van der Waals surface area (Å²) in [4.78, 5) is 20.9. The van der Waals surface area contributed by atoms with Gasteiger partial charge in [0.15, 0.2) is 0 Å². The van der Waals surface area contributed by atoms with E-state index in [1.165, 1.54) is 0 Å². The van der Waals surface area contributed by atoms with E-state index in [1.807, 2.05) is 4.72 Å². The molecule has 0 aromatic heterocycles. The van der Waals surface area contributed by atoms with Gasteiger partial charge in [-0.3, -0.25) is 10.1 Å². The van der Waals surface area contributed by atoms with Gasteiger partial charge in [-0.25, -0.2) is 13.1 Å². The van der Waals surface area contributed by atoms with E-state index in [4.69, 9.17) is 0 Å². The third kappa shape index (κ3) is 4.37. The molecule has 126 valence electrons. The van der Waals surface area contributed by atoms with Gasteiger partial charge in [0, 0.05) is 12.1 Å². The Balaban J connectivity index is 2.21. The predicted octanol–water partition coefficient (Wildman–Crippen LogP) is 0.234. The Kier molecular flexibility index (Phi) is 5.27. The number of hydrogen-bond donors (Lipinski definition) is 1. The lowest BCUT2D eigenvalue weighted by Crippen LogP contribution is -2.49. The Labute approximate surface area is 138 Å². The fraction of sp³-hybridized carbons (Fsp3) is 0.133. The Hall–Kier alpha value is -2.78. The summed E-state index contributed by atoms with van der Waals surface area (Å²) in [5, 5.41) is 21.8. The van der Waals surface area contributed by atoms with Gasteiger partial charge in [0.1, 0.15) is 0 Å². The summed E-state index contributed by atoms with van der Waals surface area (Å²) in [6.07, 6.45) is -0.0879. The zero-order valence-corrected chi connectivity index (χ0v) is 13.1. The molecule has 0 unspecified atom stereocenters. The minimum Gasteiger partial charge on any atom is -0.548 e. The number of rotatable bonds is 7. The number of non-ortho nitro benzene ring substituents is 1. The molecule has 2 aromatic rings. The number of carbonyl (C=O) groups is 1. The molecule has 0 amide bonds. The standard InChI is InChI=1S/C15H14N2O6S/c18-15(19)14(10-11-4-2-1-3-5-11)16-24(22,23)13-8-6-12(7-9-13)17(20)21/h1-9,14,16H,10H2,(H,18,19)/p-1/t14-/m0/s1. The number of carbonyl (C=O) groups excluding carboxylic acids is 1. The van der Waals surface area contributed by atoms with Crippen LogP contribution in [0.2, 0.25) is 0 Å². The first-order valence-corrected chi connectivity index (χ1v) is 8.29. The zero-order chi connectivity index (χ0) is 17.7. The Morgan fingerprint density at radius 3 is 2.17 bits per heavy atom. The van der Waals surface area contributed by atoms with Crippen LogP contribution in [-0.2, 0) is 21.2 Å². The Morgan fingerprint density at radius 2 is 1.67 bits per heavy atom. The van der Waals surface area contributed by atoms with Gasteiger partial charge in [-0.2, -0.15) is 0 Å². The molecule has 0 saturated carbocycles. The number of hydrogen-bond acceptors (Lipinski definition) is 6. The number of carboxylic acid groups (broad SMARTS) is 1. The van der Waals surface area contributed by atoms with E-state index < -0.39 is 27.0 Å². The molecule has 1 N–H and O–H groups in total. The summed E-state index contributed by atoms with van der Waals surface area (Å²) >= 11 is 0. The van der Waals surface area contributed by atoms with Gasteiger partial charge in [-0.1, -0.05) is 30.3 Å². The number of nitrogens with zero attached hydrogens (tertiary/aromatic N) is 1. The van der Waals surface area contributed by atoms with Crippen LogP contribution in [0, 0.1) is 10.1 Å². The predicted molar refractivity (Wildman–Crippen MR) is 82.4 cm³/mol. The highest BCUT2D eigenvalue weighted by Crippen LogP contribution is 2.16. The van der Waals surface area contributed by atoms with E-state index in [-0.39, 0.29) is 17.0 Å². The van der Waals surface area contributed by atoms with Crippen LogP contribution in [0.25, 0.3) is 0 Å². The molecule has 0 aliphatic rings. The number of benzene rings is 2. The highest BCUT2D eigenvalue weighted by molar-refractivity contribution is 7.89. The zero-order valence-electron chi connectivity index (χ0n) is 12.3. The summed E-state index contributed by atoms with van der Waals surface area (Å²) in [5.41, 5.74) is 0.354. The second kappa shape index (κ2) is 7.20. The molecule has 2 aromatic carbocycles. The molecule has 24 heavy (non-hydrogen) atoms. The van der Waals surface area contributed by atoms with E-state index in [0.717, 1.165) is 24.3 Å². The molecular formula is C15H13N2O6S-. The molecule has 0 bridgehead atoms. The van der Waals surface area contributed by atoms with Crippen LogP contribution in [0.15, 0.2) is 59.5 Å². The first-order chi connectivity index (χ1) is 11.3. The number of nitrogens with one attached hydrogen (secondary N) is 1. The maximum atomic E-state index is 12.2. The first kappa shape index (κ1) is 17.6. The SMILES string of the molecule is O=C([O-])[C@H](Cc1ccccc1)NS(=O)(=O)c1ccc([N+](=O)[O-])cc1. The van der Waals surface area contributed by atoms with Crippen molar-refractivity contribution in [1.29, 1.82) is 0 Å². The summed E-state index contributed by atoms with van der Waals surface area (Å²) in [6, 6.07) is 11.1. The molecule has 1 atom stereocenters. The van der Waals surface area contributed by atoms with Gasteiger partial charge in [-0.15, -0.1) is 0 Å². The van der Waals surface area contributed by atoms with E-state index in [9.17, 15) is 28.4 Å². The van der Waals surface area contributed by atoms with Crippen molar-refractivity contribution in [3.63, 3.8) is 0 Å². The van der Waals surface area contributed by atoms with Crippen molar-refractivity contribution in [2.45, 2.75) is 17.4 Å². The molecule has 0 saturated heterocycles. The molecule has 9 heteroatoms. The van der Waals surface area contributed by atoms with E-state index >= 15 is 0 Å². The summed E-state index contributed by atoms with van der Waals surface area (Å²) in [7, 11) is -4.16. The maximum absolute atomic E-state index is 12.2. The molecular weight excluding hydrogens is 336 g/mol. The maximum Gasteiger partial charge on any atom is 0.269 e. The fourth-order valence-electron chi connectivity index (χ4n) is 2.03. The molecule has 0 radical (unpaired) electrons. The van der Waals surface area contributed by atoms with Crippen molar-refractivity contribution in [3.05, 3.63) is 70.3 Å². The van der Waals surface area contributed by atoms with Crippen LogP contribution < -0.4 is 9.83 Å². The van der Waals surface area contributed by atoms with Gasteiger partial charge in [-0.05, 0) is 24.1 Å². The van der Waals surface area contributed by atoms with Crippen molar-refractivity contribution < 1.29 is 23.2 Å². The Bertz CT molecular complexity index is 834. The number of sulfonamides is 1. The van der Waals surface area contributed by atoms with Gasteiger partial charge in [0.2, 0.25) is 10.0 Å². The quantitative estimate of drug-likeness (QED) is 0.563. The van der Waals surface area contributed by atoms with E-state index in [2.05, 4.69) is 0 Å². The molecule has 0 aliphatic carbocycles. The van der Waals surface area contributed by atoms with Crippen LogP contribution in [0.1, 0.15) is 5.56 Å². The lowest BCUT2D eigenvalue weighted by atomic mass is 10.1. The lowest BCUT2D eigenvalue weighted by molar-refractivity contribution is -0.384. The molecule has 0 fully saturated rings. The fourth-order valence-corrected chi connectivity index (χ4v) is 3.21. The highest BCUT2D eigenvalue weighted by atomic mass is 32.2. The van der Waals surface area contributed by atoms with Crippen LogP contribution >= 0.6 is 0 Å². The first-order valence-electron chi connectivity index (χ1n) is 6.81. The normalized spacial score (nSPS) is 12.5. The van der Waals surface area contributed by atoms with Crippen molar-refractivity contribution in [3.8, 4) is 0 Å². The molecule has 0 spiro atoms. The number of nitro benzene ring substituents is 1. The van der Waals surface area contributed by atoms with Gasteiger partial charge < -0.3 is 9.90 Å². The largest absolute Gasteiger partial charge is 0.548 e. The highest BCUT2D eigenvalue weighted by Gasteiger charge is 2.22. The topological polar surface area (TPSA) is 129 Å². The van der Waals surface area contributed by atoms with Crippen molar-refractivity contribution in [1.82, 2.24) is 4.72 Å². The monoisotopic (exact) mass is 349 g/mol. The average Bonchev–Trinajstić information content (AvgIpc) is 2.55. The number of nitro groups is 1. The smallest absolute Gasteiger partial charge is 0.269 e. The number of aliphatic carboxylic acids is 1. The molecule has 0 aliphatic heterocycles. The third-order valence-electron chi connectivity index (χ3n) is 3.22. The number of carboxylic acids is 1. The van der Waals surface area contributed by atoms with E-state index in [0.29, 0.717) is 5.56 Å².